The van der Waals surface area contributed by atoms with Gasteiger partial charge in [0.2, 0.25) is 21.8 Å². The zero-order chi connectivity index (χ0) is 24.2. The van der Waals surface area contributed by atoms with Crippen molar-refractivity contribution in [2.75, 3.05) is 23.4 Å². The average molecular weight is 474 g/mol. The van der Waals surface area contributed by atoms with E-state index in [1.807, 2.05) is 6.92 Å². The smallest absolute Gasteiger partial charge is 0.242 e. The number of benzene rings is 2. The molecule has 0 bridgehead atoms. The van der Waals surface area contributed by atoms with Crippen LogP contribution in [0.4, 0.5) is 11.4 Å². The minimum atomic E-state index is -3.96. The van der Waals surface area contributed by atoms with E-state index in [4.69, 9.17) is 4.74 Å². The molecule has 0 aromatic heterocycles. The van der Waals surface area contributed by atoms with Gasteiger partial charge < -0.3 is 15.0 Å². The molecule has 0 aliphatic carbocycles. The maximum atomic E-state index is 13.1. The van der Waals surface area contributed by atoms with Gasteiger partial charge in [-0.05, 0) is 67.3 Å². The molecule has 0 saturated carbocycles. The van der Waals surface area contributed by atoms with Gasteiger partial charge in [0.25, 0.3) is 0 Å². The highest BCUT2D eigenvalue weighted by Crippen LogP contribution is 2.31. The van der Waals surface area contributed by atoms with Crippen molar-refractivity contribution in [3.63, 3.8) is 0 Å². The van der Waals surface area contributed by atoms with E-state index in [9.17, 15) is 18.0 Å². The number of anilines is 2. The van der Waals surface area contributed by atoms with Crippen molar-refractivity contribution in [2.24, 2.45) is 5.92 Å². The first-order valence-corrected chi connectivity index (χ1v) is 12.6. The van der Waals surface area contributed by atoms with Crippen LogP contribution in [-0.2, 0) is 26.0 Å². The summed E-state index contributed by atoms with van der Waals surface area (Å²) in [5, 5.41) is 2.77. The first kappa shape index (κ1) is 24.7. The molecule has 2 aromatic carbocycles. The molecule has 1 heterocycles. The van der Waals surface area contributed by atoms with Crippen molar-refractivity contribution in [3.05, 3.63) is 48.0 Å². The Labute approximate surface area is 195 Å². The lowest BCUT2D eigenvalue weighted by atomic mass is 10.0. The van der Waals surface area contributed by atoms with Crippen LogP contribution in [0.25, 0.3) is 0 Å². The van der Waals surface area contributed by atoms with Gasteiger partial charge in [0.1, 0.15) is 11.8 Å². The number of fused-ring (bicyclic) bond motifs is 1. The monoisotopic (exact) mass is 473 g/mol. The SMILES string of the molecule is CCOc1ccc(NC(=O)C(NS(=O)(=O)c2ccc3c(c2)CCN3C(=O)CC)C(C)C)cc1. The number of ether oxygens (including phenoxy) is 1. The van der Waals surface area contributed by atoms with Crippen molar-refractivity contribution < 1.29 is 22.7 Å². The third-order valence-corrected chi connectivity index (χ3v) is 6.96. The fraction of sp³-hybridized carbons (Fsp3) is 0.417. The summed E-state index contributed by atoms with van der Waals surface area (Å²) in [6, 6.07) is 10.7. The number of hydrogen-bond acceptors (Lipinski definition) is 5. The Balaban J connectivity index is 1.76. The number of nitrogens with one attached hydrogen (secondary N) is 2. The van der Waals surface area contributed by atoms with E-state index >= 15 is 0 Å². The van der Waals surface area contributed by atoms with Crippen LogP contribution in [0.5, 0.6) is 5.75 Å². The second kappa shape index (κ2) is 10.4. The zero-order valence-corrected chi connectivity index (χ0v) is 20.2. The molecule has 178 valence electrons. The molecular formula is C24H31N3O5S. The topological polar surface area (TPSA) is 105 Å². The number of hydrogen-bond donors (Lipinski definition) is 2. The molecule has 33 heavy (non-hydrogen) atoms. The maximum Gasteiger partial charge on any atom is 0.242 e. The van der Waals surface area contributed by atoms with E-state index in [2.05, 4.69) is 10.0 Å². The number of carbonyl (C=O) groups is 2. The van der Waals surface area contributed by atoms with Gasteiger partial charge in [0.05, 0.1) is 11.5 Å². The van der Waals surface area contributed by atoms with Crippen molar-refractivity contribution in [1.29, 1.82) is 0 Å². The maximum absolute atomic E-state index is 13.1. The molecule has 1 aliphatic rings. The first-order chi connectivity index (χ1) is 15.7. The minimum Gasteiger partial charge on any atom is -0.494 e. The highest BCUT2D eigenvalue weighted by atomic mass is 32.2. The van der Waals surface area contributed by atoms with Gasteiger partial charge in [-0.25, -0.2) is 8.42 Å². The molecule has 1 aliphatic heterocycles. The molecule has 9 heteroatoms. The largest absolute Gasteiger partial charge is 0.494 e. The van der Waals surface area contributed by atoms with Crippen LogP contribution in [0.2, 0.25) is 0 Å². The van der Waals surface area contributed by atoms with Crippen molar-refractivity contribution in [3.8, 4) is 5.75 Å². The van der Waals surface area contributed by atoms with E-state index in [0.29, 0.717) is 37.4 Å². The number of amides is 2. The van der Waals surface area contributed by atoms with E-state index in [1.54, 1.807) is 62.1 Å². The molecule has 2 aromatic rings. The fourth-order valence-corrected chi connectivity index (χ4v) is 5.14. The van der Waals surface area contributed by atoms with E-state index in [-0.39, 0.29) is 16.7 Å². The second-order valence-corrected chi connectivity index (χ2v) is 9.94. The Morgan fingerprint density at radius 2 is 1.79 bits per heavy atom. The summed E-state index contributed by atoms with van der Waals surface area (Å²) in [5.41, 5.74) is 2.10. The van der Waals surface area contributed by atoms with Gasteiger partial charge in [-0.15, -0.1) is 0 Å². The standard InChI is InChI=1S/C24H31N3O5S/c1-5-22(28)27-14-13-17-15-20(11-12-21(17)27)33(30,31)26-23(16(3)4)24(29)25-18-7-9-19(10-8-18)32-6-2/h7-12,15-16,23,26H,5-6,13-14H2,1-4H3,(H,25,29). The lowest BCUT2D eigenvalue weighted by molar-refractivity contribution is -0.119. The first-order valence-electron chi connectivity index (χ1n) is 11.2. The number of rotatable bonds is 9. The average Bonchev–Trinajstić information content (AvgIpc) is 3.21. The van der Waals surface area contributed by atoms with Crippen molar-refractivity contribution in [2.45, 2.75) is 51.5 Å². The van der Waals surface area contributed by atoms with Gasteiger partial charge in [-0.2, -0.15) is 4.72 Å². The molecular weight excluding hydrogens is 442 g/mol. The normalized spacial score (nSPS) is 14.2. The Morgan fingerprint density at radius 1 is 1.09 bits per heavy atom. The molecule has 2 amide bonds. The van der Waals surface area contributed by atoms with E-state index in [0.717, 1.165) is 11.3 Å². The molecule has 1 unspecified atom stereocenters. The summed E-state index contributed by atoms with van der Waals surface area (Å²) < 4.78 is 34.2. The van der Waals surface area contributed by atoms with E-state index in [1.165, 1.54) is 6.07 Å². The van der Waals surface area contributed by atoms with E-state index < -0.39 is 22.0 Å². The molecule has 2 N–H and O–H groups in total. The van der Waals surface area contributed by atoms with Crippen LogP contribution >= 0.6 is 0 Å². The minimum absolute atomic E-state index is 0.00770. The summed E-state index contributed by atoms with van der Waals surface area (Å²) in [6.07, 6.45) is 0.983. The van der Waals surface area contributed by atoms with Crippen LogP contribution in [0.3, 0.4) is 0 Å². The summed E-state index contributed by atoms with van der Waals surface area (Å²) in [5.74, 6) is -0.0334. The van der Waals surface area contributed by atoms with Gasteiger partial charge in [0, 0.05) is 24.3 Å². The van der Waals surface area contributed by atoms with Crippen molar-refractivity contribution >= 4 is 33.2 Å². The Morgan fingerprint density at radius 3 is 2.39 bits per heavy atom. The number of sulfonamides is 1. The molecule has 0 radical (unpaired) electrons. The summed E-state index contributed by atoms with van der Waals surface area (Å²) >= 11 is 0. The summed E-state index contributed by atoms with van der Waals surface area (Å²) in [6.45, 7) is 8.32. The lowest BCUT2D eigenvalue weighted by Gasteiger charge is -2.22. The lowest BCUT2D eigenvalue weighted by Crippen LogP contribution is -2.47. The Hall–Kier alpha value is -2.91. The fourth-order valence-electron chi connectivity index (χ4n) is 3.74. The van der Waals surface area contributed by atoms with Crippen LogP contribution in [0.1, 0.15) is 39.7 Å². The summed E-state index contributed by atoms with van der Waals surface area (Å²) in [7, 11) is -3.96. The highest BCUT2D eigenvalue weighted by Gasteiger charge is 2.30. The predicted molar refractivity (Wildman–Crippen MR) is 128 cm³/mol. The van der Waals surface area contributed by atoms with Gasteiger partial charge in [-0.1, -0.05) is 20.8 Å². The number of carbonyl (C=O) groups excluding carboxylic acids is 2. The Bertz CT molecular complexity index is 1110. The molecule has 0 spiro atoms. The van der Waals surface area contributed by atoms with Crippen molar-refractivity contribution in [1.82, 2.24) is 4.72 Å². The molecule has 3 rings (SSSR count). The summed E-state index contributed by atoms with van der Waals surface area (Å²) in [4.78, 5) is 26.8. The molecule has 8 nitrogen and oxygen atoms in total. The molecule has 0 saturated heterocycles. The third kappa shape index (κ3) is 5.72. The predicted octanol–water partition coefficient (Wildman–Crippen LogP) is 3.33. The number of nitrogens with zero attached hydrogens (tertiary/aromatic N) is 1. The van der Waals surface area contributed by atoms with Crippen LogP contribution in [0.15, 0.2) is 47.4 Å². The highest BCUT2D eigenvalue weighted by molar-refractivity contribution is 7.89. The second-order valence-electron chi connectivity index (χ2n) is 8.23. The van der Waals surface area contributed by atoms with Crippen LogP contribution in [-0.4, -0.2) is 39.4 Å². The van der Waals surface area contributed by atoms with Gasteiger partial charge in [-0.3, -0.25) is 9.59 Å². The van der Waals surface area contributed by atoms with Gasteiger partial charge in [0.15, 0.2) is 0 Å². The van der Waals surface area contributed by atoms with Crippen LogP contribution < -0.4 is 19.7 Å². The quantitative estimate of drug-likeness (QED) is 0.581. The zero-order valence-electron chi connectivity index (χ0n) is 19.4. The molecule has 1 atom stereocenters. The van der Waals surface area contributed by atoms with Gasteiger partial charge >= 0.3 is 0 Å². The van der Waals surface area contributed by atoms with Crippen LogP contribution in [0, 0.1) is 5.92 Å². The third-order valence-electron chi connectivity index (χ3n) is 5.52. The molecule has 0 fully saturated rings. The Kier molecular flexibility index (Phi) is 7.76.